The van der Waals surface area contributed by atoms with Crippen LogP contribution >= 0.6 is 34.0 Å². The van der Waals surface area contributed by atoms with E-state index in [1.807, 2.05) is 12.1 Å². The first kappa shape index (κ1) is 13.2. The zero-order valence-electron chi connectivity index (χ0n) is 7.21. The van der Waals surface area contributed by atoms with E-state index in [2.05, 4.69) is 0 Å². The van der Waals surface area contributed by atoms with E-state index < -0.39 is 0 Å². The van der Waals surface area contributed by atoms with Gasteiger partial charge in [0.25, 0.3) is 5.56 Å². The summed E-state index contributed by atoms with van der Waals surface area (Å²) >= 11 is 0. The third kappa shape index (κ3) is 2.16. The van der Waals surface area contributed by atoms with Crippen LogP contribution in [0.2, 0.25) is 0 Å². The number of aromatic nitrogens is 1. The summed E-state index contributed by atoms with van der Waals surface area (Å²) < 4.78 is 1.52. The van der Waals surface area contributed by atoms with Crippen molar-refractivity contribution >= 4 is 45.2 Å². The van der Waals surface area contributed by atoms with Crippen molar-refractivity contribution in [1.29, 1.82) is 0 Å². The van der Waals surface area contributed by atoms with Crippen molar-refractivity contribution in [2.75, 3.05) is 5.73 Å². The summed E-state index contributed by atoms with van der Waals surface area (Å²) in [6, 6.07) is 8.55. The third-order valence-corrected chi connectivity index (χ3v) is 1.80. The van der Waals surface area contributed by atoms with Crippen molar-refractivity contribution in [3.05, 3.63) is 46.9 Å². The summed E-state index contributed by atoms with van der Waals surface area (Å²) in [4.78, 5) is 11.2. The van der Waals surface area contributed by atoms with Gasteiger partial charge >= 0.3 is 0 Å². The highest BCUT2D eigenvalue weighted by molar-refractivity contribution is 8.93. The van der Waals surface area contributed by atoms with Gasteiger partial charge in [-0.1, -0.05) is 6.07 Å². The van der Waals surface area contributed by atoms with Crippen LogP contribution in [-0.4, -0.2) is 4.40 Å². The summed E-state index contributed by atoms with van der Waals surface area (Å²) in [6.07, 6.45) is 1.70. The Balaban J connectivity index is 0.000000845. The highest BCUT2D eigenvalue weighted by atomic mass is 79.9. The van der Waals surface area contributed by atoms with Crippen LogP contribution in [-0.2, 0) is 0 Å². The minimum Gasteiger partial charge on any atom is -0.397 e. The second-order valence-corrected chi connectivity index (χ2v) is 2.58. The molecule has 5 heteroatoms. The minimum atomic E-state index is -0.0557. The van der Waals surface area contributed by atoms with Crippen LogP contribution < -0.4 is 11.3 Å². The van der Waals surface area contributed by atoms with E-state index in [1.165, 1.54) is 10.5 Å². The molecule has 0 fully saturated rings. The molecule has 0 atom stereocenters. The maximum Gasteiger partial charge on any atom is 0.255 e. The van der Waals surface area contributed by atoms with E-state index in [0.29, 0.717) is 5.69 Å². The van der Waals surface area contributed by atoms with Crippen molar-refractivity contribution in [2.24, 2.45) is 0 Å². The van der Waals surface area contributed by atoms with Crippen LogP contribution in [0.5, 0.6) is 0 Å². The number of fused-ring (bicyclic) bond motifs is 1. The molecule has 0 saturated carbocycles. The summed E-state index contributed by atoms with van der Waals surface area (Å²) in [7, 11) is 0. The highest BCUT2D eigenvalue weighted by Crippen LogP contribution is 2.08. The van der Waals surface area contributed by atoms with E-state index in [9.17, 15) is 4.79 Å². The number of pyridine rings is 2. The van der Waals surface area contributed by atoms with Crippen LogP contribution in [0.15, 0.2) is 41.3 Å². The van der Waals surface area contributed by atoms with Crippen molar-refractivity contribution < 1.29 is 0 Å². The standard InChI is InChI=1S/C9H8N2O.2BrH/c10-7-4-5-9(12)11-6-2-1-3-8(7)11;;/h1-6H,10H2;2*1H. The average Bonchev–Trinajstić information content (AvgIpc) is 2.12. The van der Waals surface area contributed by atoms with E-state index in [4.69, 9.17) is 5.73 Å². The lowest BCUT2D eigenvalue weighted by atomic mass is 10.3. The Morgan fingerprint density at radius 3 is 2.43 bits per heavy atom. The number of nitrogen functional groups attached to an aromatic ring is 1. The third-order valence-electron chi connectivity index (χ3n) is 1.80. The van der Waals surface area contributed by atoms with Gasteiger partial charge in [-0.25, -0.2) is 0 Å². The monoisotopic (exact) mass is 320 g/mol. The second kappa shape index (κ2) is 5.17. The Morgan fingerprint density at radius 2 is 1.79 bits per heavy atom. The quantitative estimate of drug-likeness (QED) is 0.807. The van der Waals surface area contributed by atoms with Crippen LogP contribution in [0.25, 0.3) is 5.52 Å². The smallest absolute Gasteiger partial charge is 0.255 e. The topological polar surface area (TPSA) is 47.5 Å². The van der Waals surface area contributed by atoms with Gasteiger partial charge in [0.05, 0.1) is 11.2 Å². The second-order valence-electron chi connectivity index (χ2n) is 2.58. The molecule has 2 N–H and O–H groups in total. The molecule has 2 heterocycles. The fourth-order valence-corrected chi connectivity index (χ4v) is 1.20. The van der Waals surface area contributed by atoms with Gasteiger partial charge in [-0.2, -0.15) is 0 Å². The molecule has 14 heavy (non-hydrogen) atoms. The minimum absolute atomic E-state index is 0. The number of hydrogen-bond acceptors (Lipinski definition) is 2. The number of hydrogen-bond donors (Lipinski definition) is 1. The Kier molecular flexibility index (Phi) is 4.87. The van der Waals surface area contributed by atoms with Crippen LogP contribution in [0.3, 0.4) is 0 Å². The zero-order chi connectivity index (χ0) is 8.55. The number of nitrogens with zero attached hydrogens (tertiary/aromatic N) is 1. The Labute approximate surface area is 102 Å². The van der Waals surface area contributed by atoms with Gasteiger partial charge in [0.15, 0.2) is 0 Å². The molecule has 0 aromatic carbocycles. The molecule has 76 valence electrons. The highest BCUT2D eigenvalue weighted by Gasteiger charge is 1.96. The molecule has 2 aromatic rings. The molecule has 3 nitrogen and oxygen atoms in total. The zero-order valence-corrected chi connectivity index (χ0v) is 10.6. The Bertz CT molecular complexity index is 481. The lowest BCUT2D eigenvalue weighted by molar-refractivity contribution is 1.10. The van der Waals surface area contributed by atoms with Gasteiger partial charge in [0, 0.05) is 12.3 Å². The first-order valence-electron chi connectivity index (χ1n) is 3.65. The first-order valence-corrected chi connectivity index (χ1v) is 3.65. The molecule has 0 amide bonds. The fraction of sp³-hybridized carbons (Fsp3) is 0. The van der Waals surface area contributed by atoms with Gasteiger partial charge in [-0.15, -0.1) is 34.0 Å². The average molecular weight is 322 g/mol. The van der Waals surface area contributed by atoms with Crippen molar-refractivity contribution in [1.82, 2.24) is 4.40 Å². The molecule has 0 unspecified atom stereocenters. The van der Waals surface area contributed by atoms with Gasteiger partial charge in [0.1, 0.15) is 0 Å². The number of anilines is 1. The number of nitrogens with two attached hydrogens (primary N) is 1. The molecular formula is C9H10Br2N2O. The summed E-state index contributed by atoms with van der Waals surface area (Å²) in [5.41, 5.74) is 6.98. The largest absolute Gasteiger partial charge is 0.397 e. The first-order chi connectivity index (χ1) is 5.79. The predicted molar refractivity (Wildman–Crippen MR) is 68.7 cm³/mol. The molecule has 0 bridgehead atoms. The molecule has 0 saturated heterocycles. The fourth-order valence-electron chi connectivity index (χ4n) is 1.20. The molecule has 0 aliphatic rings. The predicted octanol–water partition coefficient (Wildman–Crippen LogP) is 2.04. The van der Waals surface area contributed by atoms with Crippen LogP contribution in [0, 0.1) is 0 Å². The van der Waals surface area contributed by atoms with Crippen LogP contribution in [0.4, 0.5) is 5.69 Å². The van der Waals surface area contributed by atoms with Crippen molar-refractivity contribution in [3.8, 4) is 0 Å². The Morgan fingerprint density at radius 1 is 1.07 bits per heavy atom. The van der Waals surface area contributed by atoms with Gasteiger partial charge in [-0.05, 0) is 18.2 Å². The molecule has 0 spiro atoms. The van der Waals surface area contributed by atoms with Gasteiger partial charge in [0.2, 0.25) is 0 Å². The number of halogens is 2. The molecule has 2 rings (SSSR count). The summed E-state index contributed by atoms with van der Waals surface area (Å²) in [5, 5.41) is 0. The molecule has 0 aliphatic heterocycles. The van der Waals surface area contributed by atoms with Crippen molar-refractivity contribution in [3.63, 3.8) is 0 Å². The summed E-state index contributed by atoms with van der Waals surface area (Å²) in [5.74, 6) is 0. The van der Waals surface area contributed by atoms with E-state index in [1.54, 1.807) is 18.3 Å². The van der Waals surface area contributed by atoms with Crippen molar-refractivity contribution in [2.45, 2.75) is 0 Å². The molecule has 2 aromatic heterocycles. The lowest BCUT2D eigenvalue weighted by Gasteiger charge is -2.01. The SMILES string of the molecule is Br.Br.Nc1ccc(=O)n2ccccc12. The van der Waals surface area contributed by atoms with Crippen LogP contribution in [0.1, 0.15) is 0 Å². The Hall–Kier alpha value is -0.810. The summed E-state index contributed by atoms with van der Waals surface area (Å²) in [6.45, 7) is 0. The van der Waals surface area contributed by atoms with E-state index in [0.717, 1.165) is 5.52 Å². The normalized spacial score (nSPS) is 8.86. The van der Waals surface area contributed by atoms with E-state index >= 15 is 0 Å². The lowest BCUT2D eigenvalue weighted by Crippen LogP contribution is -2.12. The van der Waals surface area contributed by atoms with E-state index in [-0.39, 0.29) is 39.5 Å². The number of rotatable bonds is 0. The van der Waals surface area contributed by atoms with Gasteiger partial charge in [-0.3, -0.25) is 9.20 Å². The molecule has 0 radical (unpaired) electrons. The molecule has 0 aliphatic carbocycles. The maximum absolute atomic E-state index is 11.2. The molecular weight excluding hydrogens is 312 g/mol. The maximum atomic E-state index is 11.2. The van der Waals surface area contributed by atoms with Gasteiger partial charge < -0.3 is 5.73 Å².